The summed E-state index contributed by atoms with van der Waals surface area (Å²) >= 11 is 0. The zero-order chi connectivity index (χ0) is 28.8. The average Bonchev–Trinajstić information content (AvgIpc) is 2.90. The van der Waals surface area contributed by atoms with Crippen molar-refractivity contribution in [3.8, 4) is 0 Å². The van der Waals surface area contributed by atoms with Crippen LogP contribution >= 0.6 is 0 Å². The van der Waals surface area contributed by atoms with Crippen LogP contribution in [0.4, 0.5) is 43.9 Å². The molecule has 0 N–H and O–H groups in total. The van der Waals surface area contributed by atoms with Gasteiger partial charge in [-0.2, -0.15) is 8.42 Å². The first-order valence-electron chi connectivity index (χ1n) is 11.9. The highest BCUT2D eigenvalue weighted by Gasteiger charge is 2.37. The van der Waals surface area contributed by atoms with Gasteiger partial charge in [0.2, 0.25) is 11.6 Å². The van der Waals surface area contributed by atoms with Gasteiger partial charge in [0.25, 0.3) is 0 Å². The van der Waals surface area contributed by atoms with Gasteiger partial charge in [0.1, 0.15) is 0 Å². The van der Waals surface area contributed by atoms with E-state index >= 15 is 0 Å². The van der Waals surface area contributed by atoms with Crippen molar-refractivity contribution >= 4 is 10.4 Å². The number of rotatable bonds is 6. The van der Waals surface area contributed by atoms with E-state index in [9.17, 15) is 52.3 Å². The first-order valence-corrected chi connectivity index (χ1v) is 13.2. The summed E-state index contributed by atoms with van der Waals surface area (Å²) in [6.07, 6.45) is -3.07. The molecule has 0 amide bonds. The summed E-state index contributed by atoms with van der Waals surface area (Å²) in [5, 5.41) is 0. The summed E-state index contributed by atoms with van der Waals surface area (Å²) in [5.74, 6) is -22.8. The van der Waals surface area contributed by atoms with E-state index in [-0.39, 0.29) is 51.4 Å². The fourth-order valence-corrected chi connectivity index (χ4v) is 6.31. The van der Waals surface area contributed by atoms with Crippen molar-refractivity contribution < 1.29 is 60.7 Å². The quantitative estimate of drug-likeness (QED) is 0.203. The molecule has 0 saturated heterocycles. The molecule has 0 bridgehead atoms. The maximum atomic E-state index is 14.1. The van der Waals surface area contributed by atoms with Gasteiger partial charge in [-0.05, 0) is 63.2 Å². The van der Waals surface area contributed by atoms with Gasteiger partial charge in [0.15, 0.2) is 46.5 Å². The fraction of sp³-hybridized carbons (Fsp3) is 0.500. The molecule has 216 valence electrons. The lowest BCUT2D eigenvalue weighted by atomic mass is 9.82. The van der Waals surface area contributed by atoms with Crippen LogP contribution in [0.25, 0.3) is 0 Å². The molecule has 2 aliphatic rings. The van der Waals surface area contributed by atoms with E-state index in [4.69, 9.17) is 8.37 Å². The van der Waals surface area contributed by atoms with Crippen LogP contribution in [0.5, 0.6) is 0 Å². The Morgan fingerprint density at radius 1 is 0.410 bits per heavy atom. The highest BCUT2D eigenvalue weighted by atomic mass is 32.3. The van der Waals surface area contributed by atoms with Crippen LogP contribution in [0.1, 0.15) is 74.3 Å². The predicted octanol–water partition coefficient (Wildman–Crippen LogP) is 7.11. The van der Waals surface area contributed by atoms with Crippen molar-refractivity contribution in [2.45, 2.75) is 75.4 Å². The Balaban J connectivity index is 1.33. The molecule has 4 nitrogen and oxygen atoms in total. The Morgan fingerprint density at radius 2 is 0.641 bits per heavy atom. The summed E-state index contributed by atoms with van der Waals surface area (Å²) in [7, 11) is -4.65. The third-order valence-electron chi connectivity index (χ3n) is 7.16. The van der Waals surface area contributed by atoms with Gasteiger partial charge in [0.05, 0.1) is 12.2 Å². The van der Waals surface area contributed by atoms with Gasteiger partial charge < -0.3 is 0 Å². The molecule has 2 aromatic rings. The molecule has 0 spiro atoms. The van der Waals surface area contributed by atoms with E-state index < -0.39 is 104 Å². The Labute approximate surface area is 216 Å². The highest BCUT2D eigenvalue weighted by Crippen LogP contribution is 2.41. The molecule has 2 aliphatic carbocycles. The summed E-state index contributed by atoms with van der Waals surface area (Å²) in [4.78, 5) is 0. The maximum Gasteiger partial charge on any atom is 0.400 e. The molecule has 0 radical (unpaired) electrons. The van der Waals surface area contributed by atoms with Crippen LogP contribution in [0, 0.1) is 58.2 Å². The second-order valence-corrected chi connectivity index (χ2v) is 10.7. The SMILES string of the molecule is O=S(=O)(OC1CCC(c2c(F)c(F)c(F)c(F)c2F)CC1)OC1CCC(c2c(F)c(F)c(F)c(F)c2F)CC1. The molecule has 0 unspecified atom stereocenters. The summed E-state index contributed by atoms with van der Waals surface area (Å²) in [6, 6.07) is 0. The van der Waals surface area contributed by atoms with Crippen LogP contribution in [0.2, 0.25) is 0 Å². The van der Waals surface area contributed by atoms with Crippen molar-refractivity contribution in [2.75, 3.05) is 0 Å². The van der Waals surface area contributed by atoms with E-state index in [1.165, 1.54) is 0 Å². The minimum atomic E-state index is -4.65. The maximum absolute atomic E-state index is 14.1. The Hall–Kier alpha value is -2.39. The molecular weight excluding hydrogens is 574 g/mol. The monoisotopic (exact) mass is 594 g/mol. The molecule has 0 atom stereocenters. The van der Waals surface area contributed by atoms with Crippen LogP contribution in [-0.4, -0.2) is 20.6 Å². The van der Waals surface area contributed by atoms with Crippen LogP contribution in [0.15, 0.2) is 0 Å². The van der Waals surface area contributed by atoms with Crippen molar-refractivity contribution in [2.24, 2.45) is 0 Å². The lowest BCUT2D eigenvalue weighted by molar-refractivity contribution is 0.0816. The van der Waals surface area contributed by atoms with Gasteiger partial charge in [-0.1, -0.05) is 0 Å². The molecule has 4 rings (SSSR count). The number of hydrogen-bond acceptors (Lipinski definition) is 4. The molecule has 39 heavy (non-hydrogen) atoms. The standard InChI is InChI=1S/C24H20F10O4S/c25-15-13(16(26)20(30)23(33)19(15)29)9-1-5-11(6-2-9)37-39(35,36)38-12-7-3-10(4-8-12)14-17(27)21(31)24(34)22(32)18(14)28/h9-12H,1-8H2. The van der Waals surface area contributed by atoms with Gasteiger partial charge in [-0.25, -0.2) is 52.3 Å². The minimum Gasteiger partial charge on any atom is -0.245 e. The molecule has 0 heterocycles. The Morgan fingerprint density at radius 3 is 0.897 bits per heavy atom. The Kier molecular flexibility index (Phi) is 8.53. The van der Waals surface area contributed by atoms with Crippen molar-refractivity contribution in [1.82, 2.24) is 0 Å². The van der Waals surface area contributed by atoms with Gasteiger partial charge in [-0.3, -0.25) is 0 Å². The van der Waals surface area contributed by atoms with Crippen molar-refractivity contribution in [3.63, 3.8) is 0 Å². The van der Waals surface area contributed by atoms with E-state index in [1.54, 1.807) is 0 Å². The first-order chi connectivity index (χ1) is 18.2. The van der Waals surface area contributed by atoms with Crippen LogP contribution in [-0.2, 0) is 18.8 Å². The molecule has 2 saturated carbocycles. The summed E-state index contributed by atoms with van der Waals surface area (Å²) in [5.41, 5.74) is -1.95. The van der Waals surface area contributed by atoms with Gasteiger partial charge in [0, 0.05) is 11.1 Å². The number of hydrogen-bond donors (Lipinski definition) is 0. The topological polar surface area (TPSA) is 52.6 Å². The Bertz CT molecular complexity index is 1210. The molecule has 15 heteroatoms. The second-order valence-electron chi connectivity index (χ2n) is 9.52. The van der Waals surface area contributed by atoms with Gasteiger partial charge >= 0.3 is 10.4 Å². The third-order valence-corrected chi connectivity index (χ3v) is 8.18. The lowest BCUT2D eigenvalue weighted by Crippen LogP contribution is -2.30. The fourth-order valence-electron chi connectivity index (χ4n) is 5.21. The van der Waals surface area contributed by atoms with E-state index in [0.717, 1.165) is 0 Å². The smallest absolute Gasteiger partial charge is 0.245 e. The van der Waals surface area contributed by atoms with E-state index in [1.807, 2.05) is 0 Å². The summed E-state index contributed by atoms with van der Waals surface area (Å²) in [6.45, 7) is 0. The van der Waals surface area contributed by atoms with E-state index in [2.05, 4.69) is 0 Å². The van der Waals surface area contributed by atoms with Crippen LogP contribution < -0.4 is 0 Å². The second kappa shape index (κ2) is 11.2. The number of halogens is 10. The zero-order valence-electron chi connectivity index (χ0n) is 19.8. The molecular formula is C24H20F10O4S. The molecule has 2 aromatic carbocycles. The third kappa shape index (κ3) is 5.75. The average molecular weight is 594 g/mol. The number of benzene rings is 2. The predicted molar refractivity (Wildman–Crippen MR) is 114 cm³/mol. The van der Waals surface area contributed by atoms with E-state index in [0.29, 0.717) is 0 Å². The normalized spacial score (nSPS) is 24.3. The van der Waals surface area contributed by atoms with Gasteiger partial charge in [-0.15, -0.1) is 0 Å². The zero-order valence-corrected chi connectivity index (χ0v) is 20.6. The largest absolute Gasteiger partial charge is 0.400 e. The highest BCUT2D eigenvalue weighted by molar-refractivity contribution is 7.81. The van der Waals surface area contributed by atoms with Crippen molar-refractivity contribution in [1.29, 1.82) is 0 Å². The molecule has 0 aromatic heterocycles. The molecule has 0 aliphatic heterocycles. The van der Waals surface area contributed by atoms with Crippen molar-refractivity contribution in [3.05, 3.63) is 69.3 Å². The summed E-state index contributed by atoms with van der Waals surface area (Å²) < 4.78 is 172. The first kappa shape index (κ1) is 29.6. The van der Waals surface area contributed by atoms with Crippen LogP contribution in [0.3, 0.4) is 0 Å². The minimum absolute atomic E-state index is 0.111. The molecule has 2 fully saturated rings. The lowest BCUT2D eigenvalue weighted by Gasteiger charge is -2.31.